The van der Waals surface area contributed by atoms with E-state index >= 15 is 0 Å². The van der Waals surface area contributed by atoms with E-state index in [2.05, 4.69) is 20.7 Å². The minimum absolute atomic E-state index is 0.0960. The SMILES string of the molecule is O=C(Nc1ccccc1-c1nnn(-c2ccccc2)n1)c1ccc(C(F)(F)F)cc1. The minimum atomic E-state index is -4.46. The molecule has 4 aromatic rings. The van der Waals surface area contributed by atoms with Crippen molar-refractivity contribution in [3.8, 4) is 17.1 Å². The van der Waals surface area contributed by atoms with Gasteiger partial charge in [-0.2, -0.15) is 13.2 Å². The van der Waals surface area contributed by atoms with Gasteiger partial charge >= 0.3 is 6.18 Å². The van der Waals surface area contributed by atoms with Crippen LogP contribution in [0, 0.1) is 0 Å². The van der Waals surface area contributed by atoms with Crippen LogP contribution < -0.4 is 5.32 Å². The van der Waals surface area contributed by atoms with Gasteiger partial charge in [-0.3, -0.25) is 4.79 Å². The van der Waals surface area contributed by atoms with Crippen LogP contribution in [-0.4, -0.2) is 26.1 Å². The zero-order valence-corrected chi connectivity index (χ0v) is 15.3. The summed E-state index contributed by atoms with van der Waals surface area (Å²) in [6, 6.07) is 20.0. The second-order valence-electron chi connectivity index (χ2n) is 6.31. The highest BCUT2D eigenvalue weighted by Crippen LogP contribution is 2.29. The third-order valence-electron chi connectivity index (χ3n) is 4.29. The van der Waals surface area contributed by atoms with Gasteiger partial charge < -0.3 is 5.32 Å². The lowest BCUT2D eigenvalue weighted by atomic mass is 10.1. The molecule has 6 nitrogen and oxygen atoms in total. The molecule has 0 radical (unpaired) electrons. The zero-order valence-electron chi connectivity index (χ0n) is 15.3. The number of anilines is 1. The van der Waals surface area contributed by atoms with Gasteiger partial charge in [-0.1, -0.05) is 30.3 Å². The third kappa shape index (κ3) is 4.04. The number of carbonyl (C=O) groups excluding carboxylic acids is 1. The Labute approximate surface area is 169 Å². The summed E-state index contributed by atoms with van der Waals surface area (Å²) in [5.74, 6) is -0.256. The van der Waals surface area contributed by atoms with Gasteiger partial charge in [0.1, 0.15) is 0 Å². The molecule has 4 rings (SSSR count). The highest BCUT2D eigenvalue weighted by molar-refractivity contribution is 6.06. The summed E-state index contributed by atoms with van der Waals surface area (Å²) in [7, 11) is 0. The van der Waals surface area contributed by atoms with Crippen molar-refractivity contribution in [2.24, 2.45) is 0 Å². The number of amides is 1. The average molecular weight is 409 g/mol. The molecule has 0 aliphatic heterocycles. The Hall–Kier alpha value is -4.01. The van der Waals surface area contributed by atoms with Gasteiger partial charge in [0.15, 0.2) is 0 Å². The van der Waals surface area contributed by atoms with Crippen LogP contribution in [0.25, 0.3) is 17.1 Å². The number of para-hydroxylation sites is 2. The predicted molar refractivity (Wildman–Crippen MR) is 104 cm³/mol. The second-order valence-corrected chi connectivity index (χ2v) is 6.31. The molecule has 0 saturated carbocycles. The Kier molecular flexibility index (Phi) is 5.01. The molecule has 1 heterocycles. The van der Waals surface area contributed by atoms with Gasteiger partial charge in [0.05, 0.1) is 16.9 Å². The van der Waals surface area contributed by atoms with Crippen LogP contribution in [-0.2, 0) is 6.18 Å². The molecule has 1 N–H and O–H groups in total. The number of hydrogen-bond acceptors (Lipinski definition) is 4. The second kappa shape index (κ2) is 7.78. The highest BCUT2D eigenvalue weighted by atomic mass is 19.4. The molecule has 0 aliphatic rings. The lowest BCUT2D eigenvalue weighted by Gasteiger charge is -2.10. The van der Waals surface area contributed by atoms with E-state index in [9.17, 15) is 18.0 Å². The van der Waals surface area contributed by atoms with Crippen LogP contribution >= 0.6 is 0 Å². The zero-order chi connectivity index (χ0) is 21.1. The Bertz CT molecular complexity index is 1170. The molecule has 0 atom stereocenters. The quantitative estimate of drug-likeness (QED) is 0.535. The maximum Gasteiger partial charge on any atom is 0.416 e. The number of hydrogen-bond donors (Lipinski definition) is 1. The predicted octanol–water partition coefficient (Wildman–Crippen LogP) is 4.60. The van der Waals surface area contributed by atoms with Crippen molar-refractivity contribution in [3.63, 3.8) is 0 Å². The van der Waals surface area contributed by atoms with E-state index in [0.717, 1.165) is 30.0 Å². The lowest BCUT2D eigenvalue weighted by Crippen LogP contribution is -2.13. The molecule has 0 aliphatic carbocycles. The highest BCUT2D eigenvalue weighted by Gasteiger charge is 2.30. The van der Waals surface area contributed by atoms with E-state index in [4.69, 9.17) is 0 Å². The number of nitrogens with zero attached hydrogens (tertiary/aromatic N) is 4. The Morgan fingerprint density at radius 1 is 0.867 bits per heavy atom. The van der Waals surface area contributed by atoms with Crippen LogP contribution in [0.15, 0.2) is 78.9 Å². The van der Waals surface area contributed by atoms with Crippen LogP contribution in [0.1, 0.15) is 15.9 Å². The fourth-order valence-corrected chi connectivity index (χ4v) is 2.79. The maximum absolute atomic E-state index is 12.7. The van der Waals surface area contributed by atoms with E-state index < -0.39 is 17.6 Å². The van der Waals surface area contributed by atoms with E-state index in [-0.39, 0.29) is 5.56 Å². The molecule has 0 spiro atoms. The molecular weight excluding hydrogens is 395 g/mol. The van der Waals surface area contributed by atoms with Crippen molar-refractivity contribution in [2.75, 3.05) is 5.32 Å². The monoisotopic (exact) mass is 409 g/mol. The molecule has 1 amide bonds. The molecule has 0 fully saturated rings. The van der Waals surface area contributed by atoms with Gasteiger partial charge in [0.2, 0.25) is 5.82 Å². The molecule has 30 heavy (non-hydrogen) atoms. The Morgan fingerprint density at radius 3 is 2.23 bits per heavy atom. The van der Waals surface area contributed by atoms with E-state index in [1.165, 1.54) is 4.80 Å². The van der Waals surface area contributed by atoms with Crippen molar-refractivity contribution in [3.05, 3.63) is 90.0 Å². The largest absolute Gasteiger partial charge is 0.416 e. The number of tetrazole rings is 1. The first kappa shape index (κ1) is 19.3. The molecule has 9 heteroatoms. The summed E-state index contributed by atoms with van der Waals surface area (Å²) in [5.41, 5.74) is 0.942. The van der Waals surface area contributed by atoms with E-state index in [1.54, 1.807) is 24.3 Å². The fourth-order valence-electron chi connectivity index (χ4n) is 2.79. The fraction of sp³-hybridized carbons (Fsp3) is 0.0476. The van der Waals surface area contributed by atoms with Gasteiger partial charge in [-0.05, 0) is 53.7 Å². The number of nitrogens with one attached hydrogen (secondary N) is 1. The van der Waals surface area contributed by atoms with Crippen molar-refractivity contribution in [1.82, 2.24) is 20.2 Å². The third-order valence-corrected chi connectivity index (χ3v) is 4.29. The van der Waals surface area contributed by atoms with E-state index in [0.29, 0.717) is 17.1 Å². The average Bonchev–Trinajstić information content (AvgIpc) is 3.24. The molecule has 150 valence electrons. The molecule has 3 aromatic carbocycles. The molecule has 0 unspecified atom stereocenters. The summed E-state index contributed by atoms with van der Waals surface area (Å²) < 4.78 is 38.1. The summed E-state index contributed by atoms with van der Waals surface area (Å²) in [6.45, 7) is 0. The maximum atomic E-state index is 12.7. The van der Waals surface area contributed by atoms with Gasteiger partial charge in [0, 0.05) is 11.1 Å². The van der Waals surface area contributed by atoms with Gasteiger partial charge in [0.25, 0.3) is 5.91 Å². The van der Waals surface area contributed by atoms with Gasteiger partial charge in [-0.15, -0.1) is 15.0 Å². The minimum Gasteiger partial charge on any atom is -0.321 e. The molecular formula is C21H14F3N5O. The summed E-state index contributed by atoms with van der Waals surface area (Å²) in [5, 5.41) is 15.1. The molecule has 0 saturated heterocycles. The smallest absolute Gasteiger partial charge is 0.321 e. The van der Waals surface area contributed by atoms with Crippen LogP contribution in [0.4, 0.5) is 18.9 Å². The summed E-state index contributed by atoms with van der Waals surface area (Å²) in [6.07, 6.45) is -4.46. The van der Waals surface area contributed by atoms with Crippen LogP contribution in [0.3, 0.4) is 0 Å². The topological polar surface area (TPSA) is 72.7 Å². The number of halogens is 3. The number of carbonyl (C=O) groups is 1. The first-order valence-electron chi connectivity index (χ1n) is 8.85. The Balaban J connectivity index is 1.58. The molecule has 1 aromatic heterocycles. The standard InChI is InChI=1S/C21H14F3N5O/c22-21(23,24)15-12-10-14(11-13-15)20(30)25-18-9-5-4-8-17(18)19-26-28-29(27-19)16-6-2-1-3-7-16/h1-13H,(H,25,30). The molecule has 0 bridgehead atoms. The normalized spacial score (nSPS) is 11.3. The number of aromatic nitrogens is 4. The first-order chi connectivity index (χ1) is 14.4. The Morgan fingerprint density at radius 2 is 1.53 bits per heavy atom. The van der Waals surface area contributed by atoms with Crippen molar-refractivity contribution in [1.29, 1.82) is 0 Å². The van der Waals surface area contributed by atoms with Crippen molar-refractivity contribution >= 4 is 11.6 Å². The number of benzene rings is 3. The first-order valence-corrected chi connectivity index (χ1v) is 8.85. The van der Waals surface area contributed by atoms with Crippen molar-refractivity contribution in [2.45, 2.75) is 6.18 Å². The summed E-state index contributed by atoms with van der Waals surface area (Å²) in [4.78, 5) is 13.9. The lowest BCUT2D eigenvalue weighted by molar-refractivity contribution is -0.137. The number of alkyl halides is 3. The van der Waals surface area contributed by atoms with Crippen LogP contribution in [0.2, 0.25) is 0 Å². The van der Waals surface area contributed by atoms with Gasteiger partial charge in [-0.25, -0.2) is 0 Å². The van der Waals surface area contributed by atoms with Crippen LogP contribution in [0.5, 0.6) is 0 Å². The summed E-state index contributed by atoms with van der Waals surface area (Å²) >= 11 is 0. The number of rotatable bonds is 4. The van der Waals surface area contributed by atoms with E-state index in [1.807, 2.05) is 30.3 Å². The van der Waals surface area contributed by atoms with Crippen molar-refractivity contribution < 1.29 is 18.0 Å².